The summed E-state index contributed by atoms with van der Waals surface area (Å²) >= 11 is 0. The average molecular weight is 514 g/mol. The molecule has 0 aliphatic carbocycles. The number of aromatic nitrogens is 1. The van der Waals surface area contributed by atoms with E-state index in [0.717, 1.165) is 49.4 Å². The molecule has 0 atom stereocenters. The topological polar surface area (TPSA) is 35.1 Å². The molecule has 0 amide bonds. The van der Waals surface area contributed by atoms with Crippen LogP contribution >= 0.6 is 0 Å². The van der Waals surface area contributed by atoms with Crippen molar-refractivity contribution in [3.63, 3.8) is 0 Å². The smallest absolute Gasteiger partial charge is 0.344 e. The quantitative estimate of drug-likeness (QED) is 0.174. The van der Waals surface area contributed by atoms with Crippen LogP contribution in [0.5, 0.6) is 0 Å². The average Bonchev–Trinajstić information content (AvgIpc) is 3.36. The summed E-state index contributed by atoms with van der Waals surface area (Å²) in [5.41, 5.74) is 8.17. The number of hydrogen-bond donors (Lipinski definition) is 0. The normalized spacial score (nSPS) is 11.6. The van der Waals surface area contributed by atoms with Gasteiger partial charge in [0.25, 0.3) is 0 Å². The van der Waals surface area contributed by atoms with Gasteiger partial charge in [0.15, 0.2) is 0 Å². The zero-order chi connectivity index (χ0) is 26.6. The monoisotopic (exact) mass is 513 g/mol. The van der Waals surface area contributed by atoms with E-state index in [4.69, 9.17) is 4.42 Å². The van der Waals surface area contributed by atoms with Crippen molar-refractivity contribution in [2.24, 2.45) is 0 Å². The van der Waals surface area contributed by atoms with Crippen LogP contribution in [0, 0.1) is 0 Å². The highest BCUT2D eigenvalue weighted by Gasteiger charge is 2.19. The van der Waals surface area contributed by atoms with Crippen molar-refractivity contribution in [3.8, 4) is 27.9 Å². The second kappa shape index (κ2) is 8.82. The van der Waals surface area contributed by atoms with Crippen molar-refractivity contribution >= 4 is 43.5 Å². The van der Waals surface area contributed by atoms with Gasteiger partial charge >= 0.3 is 5.63 Å². The largest absolute Gasteiger partial charge is 0.422 e. The molecule has 0 radical (unpaired) electrons. The first kappa shape index (κ1) is 22.6. The Morgan fingerprint density at radius 3 is 1.70 bits per heavy atom. The Labute approximate surface area is 230 Å². The van der Waals surface area contributed by atoms with Crippen LogP contribution in [0.2, 0.25) is 0 Å². The Morgan fingerprint density at radius 2 is 1.02 bits per heavy atom. The summed E-state index contributed by atoms with van der Waals surface area (Å²) < 4.78 is 8.17. The molecule has 0 aliphatic heterocycles. The Morgan fingerprint density at radius 1 is 0.450 bits per heavy atom. The minimum Gasteiger partial charge on any atom is -0.422 e. The molecule has 0 spiro atoms. The van der Waals surface area contributed by atoms with Gasteiger partial charge in [-0.15, -0.1) is 0 Å². The number of benzene rings is 6. The van der Waals surface area contributed by atoms with E-state index in [0.29, 0.717) is 11.0 Å². The Kier molecular flexibility index (Phi) is 4.98. The summed E-state index contributed by atoms with van der Waals surface area (Å²) in [5.74, 6) is 0. The van der Waals surface area contributed by atoms with Gasteiger partial charge in [0.05, 0.1) is 16.4 Å². The first-order valence-corrected chi connectivity index (χ1v) is 13.4. The van der Waals surface area contributed by atoms with Crippen molar-refractivity contribution in [3.05, 3.63) is 150 Å². The van der Waals surface area contributed by atoms with Gasteiger partial charge < -0.3 is 8.98 Å². The van der Waals surface area contributed by atoms with E-state index in [2.05, 4.69) is 102 Å². The van der Waals surface area contributed by atoms with Crippen molar-refractivity contribution in [2.45, 2.75) is 0 Å². The third-order valence-electron chi connectivity index (χ3n) is 7.81. The van der Waals surface area contributed by atoms with Crippen molar-refractivity contribution < 1.29 is 4.42 Å². The predicted molar refractivity (Wildman–Crippen MR) is 165 cm³/mol. The standard InChI is InChI=1S/C37H23NO2/c39-37-30-16-8-7-15-29(30)36-34(40-37)20-19-33-35(36)31-17-9-10-18-32(31)38(33)28-22-26(24-11-3-1-4-12-24)21-27(23-28)25-13-5-2-6-14-25/h1-23H. The zero-order valence-electron chi connectivity index (χ0n) is 21.5. The molecule has 3 nitrogen and oxygen atoms in total. The lowest BCUT2D eigenvalue weighted by Crippen LogP contribution is -2.00. The highest BCUT2D eigenvalue weighted by atomic mass is 16.4. The van der Waals surface area contributed by atoms with Gasteiger partial charge in [-0.25, -0.2) is 4.79 Å². The van der Waals surface area contributed by atoms with E-state index in [9.17, 15) is 4.79 Å². The Balaban J connectivity index is 1.52. The maximum atomic E-state index is 12.8. The van der Waals surface area contributed by atoms with E-state index < -0.39 is 0 Å². The van der Waals surface area contributed by atoms with Crippen LogP contribution in [0.4, 0.5) is 0 Å². The molecule has 40 heavy (non-hydrogen) atoms. The summed E-state index contributed by atoms with van der Waals surface area (Å²) in [6.07, 6.45) is 0. The molecule has 0 bridgehead atoms. The zero-order valence-corrected chi connectivity index (χ0v) is 21.5. The fraction of sp³-hybridized carbons (Fsp3) is 0. The molecule has 6 aromatic carbocycles. The molecule has 8 aromatic rings. The van der Waals surface area contributed by atoms with E-state index >= 15 is 0 Å². The third-order valence-corrected chi connectivity index (χ3v) is 7.81. The third kappa shape index (κ3) is 3.41. The van der Waals surface area contributed by atoms with Gasteiger partial charge in [0, 0.05) is 27.2 Å². The summed E-state index contributed by atoms with van der Waals surface area (Å²) in [5, 5.41) is 4.67. The second-order valence-corrected chi connectivity index (χ2v) is 10.1. The predicted octanol–water partition coefficient (Wildman–Crippen LogP) is 9.38. The van der Waals surface area contributed by atoms with Crippen LogP contribution in [0.25, 0.3) is 71.5 Å². The fourth-order valence-corrected chi connectivity index (χ4v) is 6.04. The number of para-hydroxylation sites is 1. The lowest BCUT2D eigenvalue weighted by atomic mass is 9.98. The second-order valence-electron chi connectivity index (χ2n) is 10.1. The van der Waals surface area contributed by atoms with E-state index in [-0.39, 0.29) is 5.63 Å². The van der Waals surface area contributed by atoms with Crippen molar-refractivity contribution in [2.75, 3.05) is 0 Å². The minimum absolute atomic E-state index is 0.311. The van der Waals surface area contributed by atoms with E-state index in [1.54, 1.807) is 0 Å². The van der Waals surface area contributed by atoms with Crippen LogP contribution in [-0.2, 0) is 0 Å². The van der Waals surface area contributed by atoms with Gasteiger partial charge in [0.2, 0.25) is 0 Å². The van der Waals surface area contributed by atoms with Gasteiger partial charge in [0.1, 0.15) is 5.58 Å². The molecule has 188 valence electrons. The van der Waals surface area contributed by atoms with Gasteiger partial charge in [-0.1, -0.05) is 97.1 Å². The van der Waals surface area contributed by atoms with Gasteiger partial charge in [-0.05, 0) is 64.7 Å². The molecular weight excluding hydrogens is 490 g/mol. The minimum atomic E-state index is -0.311. The maximum absolute atomic E-state index is 12.8. The summed E-state index contributed by atoms with van der Waals surface area (Å²) in [4.78, 5) is 12.8. The molecule has 2 heterocycles. The number of rotatable bonds is 3. The van der Waals surface area contributed by atoms with E-state index in [1.165, 1.54) is 11.1 Å². The Bertz CT molecular complexity index is 2220. The molecule has 2 aromatic heterocycles. The molecule has 0 unspecified atom stereocenters. The molecule has 0 fully saturated rings. The molecular formula is C37H23NO2. The molecule has 0 saturated carbocycles. The summed E-state index contributed by atoms with van der Waals surface area (Å²) in [7, 11) is 0. The van der Waals surface area contributed by atoms with Crippen LogP contribution in [0.3, 0.4) is 0 Å². The molecule has 0 N–H and O–H groups in total. The number of hydrogen-bond acceptors (Lipinski definition) is 2. The van der Waals surface area contributed by atoms with Crippen LogP contribution < -0.4 is 5.63 Å². The number of fused-ring (bicyclic) bond motifs is 7. The number of nitrogens with zero attached hydrogens (tertiary/aromatic N) is 1. The highest BCUT2D eigenvalue weighted by Crippen LogP contribution is 2.40. The van der Waals surface area contributed by atoms with E-state index in [1.807, 2.05) is 42.5 Å². The molecule has 0 aliphatic rings. The Hall–Kier alpha value is -5.41. The fourth-order valence-electron chi connectivity index (χ4n) is 6.04. The van der Waals surface area contributed by atoms with Gasteiger partial charge in [-0.3, -0.25) is 0 Å². The lowest BCUT2D eigenvalue weighted by Gasteiger charge is -2.14. The first-order chi connectivity index (χ1) is 19.8. The lowest BCUT2D eigenvalue weighted by molar-refractivity contribution is 0.570. The van der Waals surface area contributed by atoms with Crippen LogP contribution in [0.15, 0.2) is 149 Å². The van der Waals surface area contributed by atoms with Crippen molar-refractivity contribution in [1.29, 1.82) is 0 Å². The first-order valence-electron chi connectivity index (χ1n) is 13.4. The highest BCUT2D eigenvalue weighted by molar-refractivity contribution is 6.26. The molecule has 8 rings (SSSR count). The SMILES string of the molecule is O=c1oc2ccc3c(c4ccccc4n3-c3cc(-c4ccccc4)cc(-c4ccccc4)c3)c2c2ccccc12. The van der Waals surface area contributed by atoms with Gasteiger partial charge in [-0.2, -0.15) is 0 Å². The van der Waals surface area contributed by atoms with Crippen LogP contribution in [0.1, 0.15) is 0 Å². The molecule has 0 saturated heterocycles. The maximum Gasteiger partial charge on any atom is 0.344 e. The van der Waals surface area contributed by atoms with Crippen molar-refractivity contribution in [1.82, 2.24) is 4.57 Å². The summed E-state index contributed by atoms with van der Waals surface area (Å²) in [6, 6.07) is 48.0. The van der Waals surface area contributed by atoms with Crippen LogP contribution in [-0.4, -0.2) is 4.57 Å². The molecule has 3 heteroatoms. The summed E-state index contributed by atoms with van der Waals surface area (Å²) in [6.45, 7) is 0.